The topological polar surface area (TPSA) is 30.5 Å². The molecule has 104 valence electrons. The number of ether oxygens (including phenoxy) is 2. The Balaban J connectivity index is 1.71. The van der Waals surface area contributed by atoms with Crippen molar-refractivity contribution in [3.8, 4) is 11.5 Å². The summed E-state index contributed by atoms with van der Waals surface area (Å²) in [5.41, 5.74) is 2.19. The smallest absolute Gasteiger partial charge is 0.231 e. The van der Waals surface area contributed by atoms with Gasteiger partial charge in [-0.05, 0) is 24.6 Å². The van der Waals surface area contributed by atoms with Crippen molar-refractivity contribution in [1.29, 1.82) is 0 Å². The summed E-state index contributed by atoms with van der Waals surface area (Å²) in [5.74, 6) is 1.65. The Morgan fingerprint density at radius 1 is 1.15 bits per heavy atom. The van der Waals surface area contributed by atoms with E-state index >= 15 is 0 Å². The molecule has 0 radical (unpaired) electrons. The Hall–Kier alpha value is -1.71. The van der Waals surface area contributed by atoms with Crippen LogP contribution in [0.1, 0.15) is 24.1 Å². The van der Waals surface area contributed by atoms with Gasteiger partial charge >= 0.3 is 0 Å². The van der Waals surface area contributed by atoms with E-state index in [9.17, 15) is 0 Å². The first-order valence-corrected chi connectivity index (χ1v) is 6.99. The predicted molar refractivity (Wildman–Crippen MR) is 79.3 cm³/mol. The van der Waals surface area contributed by atoms with Crippen molar-refractivity contribution in [2.75, 3.05) is 6.79 Å². The number of hydrogen-bond donors (Lipinski definition) is 1. The number of rotatable bonds is 4. The molecular formula is C16H16ClNO2. The van der Waals surface area contributed by atoms with Gasteiger partial charge < -0.3 is 14.8 Å². The lowest BCUT2D eigenvalue weighted by molar-refractivity contribution is 0.173. The third-order valence-corrected chi connectivity index (χ3v) is 3.79. The first-order chi connectivity index (χ1) is 9.75. The zero-order valence-electron chi connectivity index (χ0n) is 11.2. The molecule has 0 saturated carbocycles. The van der Waals surface area contributed by atoms with Crippen LogP contribution in [0.4, 0.5) is 0 Å². The average molecular weight is 290 g/mol. The number of hydrogen-bond acceptors (Lipinski definition) is 3. The molecule has 0 spiro atoms. The summed E-state index contributed by atoms with van der Waals surface area (Å²) in [7, 11) is 0. The van der Waals surface area contributed by atoms with Gasteiger partial charge in [-0.2, -0.15) is 0 Å². The maximum atomic E-state index is 6.21. The zero-order valence-corrected chi connectivity index (χ0v) is 12.0. The Bertz CT molecular complexity index is 615. The molecule has 0 fully saturated rings. The van der Waals surface area contributed by atoms with E-state index in [1.807, 2.05) is 42.5 Å². The Kier molecular flexibility index (Phi) is 3.81. The van der Waals surface area contributed by atoms with E-state index in [1.165, 1.54) is 0 Å². The molecule has 1 heterocycles. The first kappa shape index (κ1) is 13.3. The second-order valence-electron chi connectivity index (χ2n) is 4.78. The maximum Gasteiger partial charge on any atom is 0.231 e. The van der Waals surface area contributed by atoms with Gasteiger partial charge in [-0.15, -0.1) is 0 Å². The monoisotopic (exact) mass is 289 g/mol. The number of benzene rings is 2. The molecule has 0 aromatic heterocycles. The first-order valence-electron chi connectivity index (χ1n) is 6.61. The van der Waals surface area contributed by atoms with Gasteiger partial charge in [-0.1, -0.05) is 41.9 Å². The lowest BCUT2D eigenvalue weighted by atomic mass is 10.1. The van der Waals surface area contributed by atoms with Gasteiger partial charge in [0, 0.05) is 23.2 Å². The molecule has 1 aliphatic heterocycles. The van der Waals surface area contributed by atoms with E-state index in [-0.39, 0.29) is 6.04 Å². The average Bonchev–Trinajstić information content (AvgIpc) is 2.94. The molecule has 0 amide bonds. The highest BCUT2D eigenvalue weighted by Crippen LogP contribution is 2.35. The van der Waals surface area contributed by atoms with Crippen LogP contribution in [0.5, 0.6) is 11.5 Å². The molecular weight excluding hydrogens is 274 g/mol. The van der Waals surface area contributed by atoms with Gasteiger partial charge in [0.2, 0.25) is 6.79 Å². The van der Waals surface area contributed by atoms with E-state index in [1.54, 1.807) is 0 Å². The highest BCUT2D eigenvalue weighted by Gasteiger charge is 2.17. The molecule has 0 aliphatic carbocycles. The minimum absolute atomic E-state index is 0.168. The van der Waals surface area contributed by atoms with E-state index in [2.05, 4.69) is 12.2 Å². The van der Waals surface area contributed by atoms with Crippen molar-refractivity contribution in [3.63, 3.8) is 0 Å². The maximum absolute atomic E-state index is 6.21. The van der Waals surface area contributed by atoms with Gasteiger partial charge in [0.05, 0.1) is 0 Å². The molecule has 3 rings (SSSR count). The second-order valence-corrected chi connectivity index (χ2v) is 5.18. The van der Waals surface area contributed by atoms with E-state index in [0.717, 1.165) is 27.6 Å². The lowest BCUT2D eigenvalue weighted by Crippen LogP contribution is -2.18. The predicted octanol–water partition coefficient (Wildman–Crippen LogP) is 3.92. The van der Waals surface area contributed by atoms with Crippen molar-refractivity contribution in [2.45, 2.75) is 19.5 Å². The van der Waals surface area contributed by atoms with Crippen LogP contribution in [-0.2, 0) is 6.54 Å². The van der Waals surface area contributed by atoms with Gasteiger partial charge in [0.25, 0.3) is 0 Å². The standard InChI is InChI=1S/C16H16ClNO2/c1-11(13-6-2-3-7-14(13)17)18-9-12-5-4-8-15-16(12)20-10-19-15/h2-8,11,18H,9-10H2,1H3. The van der Waals surface area contributed by atoms with Crippen molar-refractivity contribution >= 4 is 11.6 Å². The summed E-state index contributed by atoms with van der Waals surface area (Å²) in [5, 5.41) is 4.25. The third-order valence-electron chi connectivity index (χ3n) is 3.45. The normalized spacial score (nSPS) is 14.3. The van der Waals surface area contributed by atoms with Crippen LogP contribution in [0.3, 0.4) is 0 Å². The summed E-state index contributed by atoms with van der Waals surface area (Å²) < 4.78 is 10.9. The highest BCUT2D eigenvalue weighted by molar-refractivity contribution is 6.31. The van der Waals surface area contributed by atoms with Crippen molar-refractivity contribution in [1.82, 2.24) is 5.32 Å². The minimum atomic E-state index is 0.168. The summed E-state index contributed by atoms with van der Waals surface area (Å²) in [6, 6.07) is 14.0. The van der Waals surface area contributed by atoms with Crippen LogP contribution < -0.4 is 14.8 Å². The fraction of sp³-hybridized carbons (Fsp3) is 0.250. The molecule has 1 aliphatic rings. The highest BCUT2D eigenvalue weighted by atomic mass is 35.5. The lowest BCUT2D eigenvalue weighted by Gasteiger charge is -2.16. The fourth-order valence-electron chi connectivity index (χ4n) is 2.33. The minimum Gasteiger partial charge on any atom is -0.454 e. The largest absolute Gasteiger partial charge is 0.454 e. The van der Waals surface area contributed by atoms with Crippen LogP contribution in [0.25, 0.3) is 0 Å². The van der Waals surface area contributed by atoms with Gasteiger partial charge in [-0.25, -0.2) is 0 Å². The molecule has 3 nitrogen and oxygen atoms in total. The Labute approximate surface area is 123 Å². The number of fused-ring (bicyclic) bond motifs is 1. The number of nitrogens with one attached hydrogen (secondary N) is 1. The number of para-hydroxylation sites is 1. The van der Waals surface area contributed by atoms with Gasteiger partial charge in [0.15, 0.2) is 11.5 Å². The molecule has 2 aromatic carbocycles. The summed E-state index contributed by atoms with van der Waals surface area (Å²) in [6.45, 7) is 3.10. The third kappa shape index (κ3) is 2.60. The molecule has 1 N–H and O–H groups in total. The summed E-state index contributed by atoms with van der Waals surface area (Å²) >= 11 is 6.21. The molecule has 0 bridgehead atoms. The second kappa shape index (κ2) is 5.73. The van der Waals surface area contributed by atoms with Crippen LogP contribution in [0.15, 0.2) is 42.5 Å². The van der Waals surface area contributed by atoms with E-state index in [4.69, 9.17) is 21.1 Å². The molecule has 1 unspecified atom stereocenters. The van der Waals surface area contributed by atoms with Crippen molar-refractivity contribution in [3.05, 3.63) is 58.6 Å². The summed E-state index contributed by atoms with van der Waals surface area (Å²) in [6.07, 6.45) is 0. The van der Waals surface area contributed by atoms with Crippen LogP contribution in [0.2, 0.25) is 5.02 Å². The van der Waals surface area contributed by atoms with Crippen LogP contribution in [0, 0.1) is 0 Å². The zero-order chi connectivity index (χ0) is 13.9. The van der Waals surface area contributed by atoms with Gasteiger partial charge in [0.1, 0.15) is 0 Å². The van der Waals surface area contributed by atoms with Crippen molar-refractivity contribution < 1.29 is 9.47 Å². The summed E-state index contributed by atoms with van der Waals surface area (Å²) in [4.78, 5) is 0. The van der Waals surface area contributed by atoms with Crippen LogP contribution >= 0.6 is 11.6 Å². The Morgan fingerprint density at radius 2 is 2.00 bits per heavy atom. The molecule has 20 heavy (non-hydrogen) atoms. The van der Waals surface area contributed by atoms with E-state index < -0.39 is 0 Å². The van der Waals surface area contributed by atoms with Crippen LogP contribution in [-0.4, -0.2) is 6.79 Å². The van der Waals surface area contributed by atoms with Crippen molar-refractivity contribution in [2.24, 2.45) is 0 Å². The SMILES string of the molecule is CC(NCc1cccc2c1OCO2)c1ccccc1Cl. The molecule has 4 heteroatoms. The molecule has 0 saturated heterocycles. The molecule has 1 atom stereocenters. The fourth-order valence-corrected chi connectivity index (χ4v) is 2.63. The number of halogens is 1. The van der Waals surface area contributed by atoms with Gasteiger partial charge in [-0.3, -0.25) is 0 Å². The van der Waals surface area contributed by atoms with E-state index in [0.29, 0.717) is 13.3 Å². The molecule has 2 aromatic rings. The Morgan fingerprint density at radius 3 is 2.85 bits per heavy atom. The quantitative estimate of drug-likeness (QED) is 0.925.